The maximum absolute atomic E-state index is 11.8. The van der Waals surface area contributed by atoms with Gasteiger partial charge in [-0.1, -0.05) is 0 Å². The lowest BCUT2D eigenvalue weighted by molar-refractivity contribution is -0.0327. The number of nitrogens with one attached hydrogen (secondary N) is 1. The van der Waals surface area contributed by atoms with E-state index < -0.39 is 11.5 Å². The molecule has 16 heavy (non-hydrogen) atoms. The fourth-order valence-corrected chi connectivity index (χ4v) is 1.99. The standard InChI is InChI=1S/C7H7F3N2O2S2/c8-7(9,10)16-2-1-11-5-4(6(13)14)12-3-15-5/h3,11H,1-2H2,(H,13,14). The molecule has 0 bridgehead atoms. The number of thiazole rings is 1. The van der Waals surface area contributed by atoms with Crippen LogP contribution in [0.5, 0.6) is 0 Å². The molecule has 0 amide bonds. The average molecular weight is 272 g/mol. The second-order valence-corrected chi connectivity index (χ2v) is 4.57. The molecule has 1 aromatic rings. The van der Waals surface area contributed by atoms with E-state index in [0.29, 0.717) is 0 Å². The Hall–Kier alpha value is -0.960. The van der Waals surface area contributed by atoms with Crippen molar-refractivity contribution in [1.29, 1.82) is 0 Å². The van der Waals surface area contributed by atoms with E-state index in [1.54, 1.807) is 0 Å². The van der Waals surface area contributed by atoms with Crippen molar-refractivity contribution in [2.75, 3.05) is 17.6 Å². The van der Waals surface area contributed by atoms with Gasteiger partial charge in [-0.3, -0.25) is 0 Å². The van der Waals surface area contributed by atoms with E-state index in [1.165, 1.54) is 5.51 Å². The van der Waals surface area contributed by atoms with E-state index in [-0.39, 0.29) is 34.8 Å². The number of carboxylic acids is 1. The summed E-state index contributed by atoms with van der Waals surface area (Å²) in [7, 11) is 0. The van der Waals surface area contributed by atoms with Crippen LogP contribution in [0, 0.1) is 0 Å². The van der Waals surface area contributed by atoms with E-state index in [9.17, 15) is 18.0 Å². The molecule has 0 spiro atoms. The van der Waals surface area contributed by atoms with Crippen molar-refractivity contribution < 1.29 is 23.1 Å². The van der Waals surface area contributed by atoms with Crippen molar-refractivity contribution in [3.63, 3.8) is 0 Å². The molecule has 0 aliphatic heterocycles. The summed E-state index contributed by atoms with van der Waals surface area (Å²) in [6, 6.07) is 0. The molecular formula is C7H7F3N2O2S2. The normalized spacial score (nSPS) is 11.4. The second-order valence-electron chi connectivity index (χ2n) is 2.56. The molecule has 4 nitrogen and oxygen atoms in total. The van der Waals surface area contributed by atoms with Crippen molar-refractivity contribution >= 4 is 34.1 Å². The third kappa shape index (κ3) is 4.27. The van der Waals surface area contributed by atoms with Crippen LogP contribution in [0.25, 0.3) is 0 Å². The first kappa shape index (κ1) is 13.1. The van der Waals surface area contributed by atoms with Gasteiger partial charge in [-0.15, -0.1) is 11.3 Å². The molecule has 0 fully saturated rings. The number of hydrogen-bond donors (Lipinski definition) is 2. The molecule has 1 heterocycles. The molecule has 2 N–H and O–H groups in total. The van der Waals surface area contributed by atoms with Crippen LogP contribution in [0.4, 0.5) is 18.2 Å². The molecule has 0 aliphatic rings. The van der Waals surface area contributed by atoms with E-state index in [0.717, 1.165) is 11.3 Å². The molecule has 1 rings (SSSR count). The lowest BCUT2D eigenvalue weighted by Gasteiger charge is -2.06. The fourth-order valence-electron chi connectivity index (χ4n) is 0.855. The summed E-state index contributed by atoms with van der Waals surface area (Å²) in [6.45, 7) is 0.0344. The van der Waals surface area contributed by atoms with E-state index in [1.807, 2.05) is 0 Å². The van der Waals surface area contributed by atoms with Gasteiger partial charge < -0.3 is 10.4 Å². The minimum absolute atomic E-state index is 0.0344. The Bertz CT molecular complexity index is 367. The Labute approximate surface area is 96.9 Å². The largest absolute Gasteiger partial charge is 0.476 e. The van der Waals surface area contributed by atoms with Crippen molar-refractivity contribution in [2.24, 2.45) is 0 Å². The molecule has 1 aromatic heterocycles. The van der Waals surface area contributed by atoms with Gasteiger partial charge in [-0.25, -0.2) is 9.78 Å². The zero-order chi connectivity index (χ0) is 12.2. The average Bonchev–Trinajstić information content (AvgIpc) is 2.58. The van der Waals surface area contributed by atoms with Crippen molar-refractivity contribution in [2.45, 2.75) is 5.51 Å². The molecule has 0 saturated heterocycles. The zero-order valence-electron chi connectivity index (χ0n) is 7.74. The number of halogens is 3. The molecule has 0 saturated carbocycles. The van der Waals surface area contributed by atoms with E-state index >= 15 is 0 Å². The Kier molecular flexibility index (Phi) is 4.42. The second kappa shape index (κ2) is 5.39. The molecule has 0 aromatic carbocycles. The SMILES string of the molecule is O=C(O)c1ncsc1NCCSC(F)(F)F. The predicted molar refractivity (Wildman–Crippen MR) is 56.1 cm³/mol. The van der Waals surface area contributed by atoms with Crippen molar-refractivity contribution in [1.82, 2.24) is 4.98 Å². The van der Waals surface area contributed by atoms with Gasteiger partial charge in [0.25, 0.3) is 0 Å². The number of nitrogens with zero attached hydrogens (tertiary/aromatic N) is 1. The Morgan fingerprint density at radius 2 is 2.31 bits per heavy atom. The van der Waals surface area contributed by atoms with Gasteiger partial charge in [0.05, 0.1) is 5.51 Å². The number of thioether (sulfide) groups is 1. The molecule has 0 unspecified atom stereocenters. The van der Waals surface area contributed by atoms with Gasteiger partial charge in [0, 0.05) is 12.3 Å². The number of aromatic carboxylic acids is 1. The van der Waals surface area contributed by atoms with Gasteiger partial charge in [-0.05, 0) is 11.8 Å². The maximum Gasteiger partial charge on any atom is 0.441 e. The Morgan fingerprint density at radius 1 is 1.62 bits per heavy atom. The molecule has 0 aliphatic carbocycles. The van der Waals surface area contributed by atoms with Crippen LogP contribution >= 0.6 is 23.1 Å². The third-order valence-corrected chi connectivity index (χ3v) is 2.94. The summed E-state index contributed by atoms with van der Waals surface area (Å²) in [4.78, 5) is 14.2. The van der Waals surface area contributed by atoms with Gasteiger partial charge >= 0.3 is 11.5 Å². The van der Waals surface area contributed by atoms with Crippen LogP contribution in [0.2, 0.25) is 0 Å². The molecular weight excluding hydrogens is 265 g/mol. The van der Waals surface area contributed by atoms with Crippen LogP contribution in [-0.4, -0.2) is 33.9 Å². The lowest BCUT2D eigenvalue weighted by atomic mass is 10.4. The van der Waals surface area contributed by atoms with E-state index in [2.05, 4.69) is 10.3 Å². The minimum Gasteiger partial charge on any atom is -0.476 e. The number of aromatic nitrogens is 1. The molecule has 0 atom stereocenters. The summed E-state index contributed by atoms with van der Waals surface area (Å²) in [5.74, 6) is -1.38. The Balaban J connectivity index is 2.38. The first-order valence-corrected chi connectivity index (χ1v) is 5.88. The fraction of sp³-hybridized carbons (Fsp3) is 0.429. The number of carboxylic acid groups (broad SMARTS) is 1. The highest BCUT2D eigenvalue weighted by Crippen LogP contribution is 2.30. The maximum atomic E-state index is 11.8. The molecule has 9 heteroatoms. The van der Waals surface area contributed by atoms with Crippen LogP contribution in [0.1, 0.15) is 10.5 Å². The van der Waals surface area contributed by atoms with Gasteiger partial charge in [0.2, 0.25) is 0 Å². The first-order valence-electron chi connectivity index (χ1n) is 4.01. The lowest BCUT2D eigenvalue weighted by Crippen LogP contribution is -2.10. The number of anilines is 1. The highest BCUT2D eigenvalue weighted by molar-refractivity contribution is 8.00. The smallest absolute Gasteiger partial charge is 0.441 e. The van der Waals surface area contributed by atoms with Crippen LogP contribution in [0.3, 0.4) is 0 Å². The highest BCUT2D eigenvalue weighted by Gasteiger charge is 2.27. The summed E-state index contributed by atoms with van der Waals surface area (Å²) < 4.78 is 35.3. The summed E-state index contributed by atoms with van der Waals surface area (Å²) in [5, 5.41) is 11.5. The van der Waals surface area contributed by atoms with Crippen LogP contribution in [0.15, 0.2) is 5.51 Å². The van der Waals surface area contributed by atoms with Crippen molar-refractivity contribution in [3.05, 3.63) is 11.2 Å². The van der Waals surface area contributed by atoms with Gasteiger partial charge in [-0.2, -0.15) is 13.2 Å². The predicted octanol–water partition coefficient (Wildman–Crippen LogP) is 2.51. The van der Waals surface area contributed by atoms with Gasteiger partial charge in [0.1, 0.15) is 5.00 Å². The minimum atomic E-state index is -4.26. The van der Waals surface area contributed by atoms with E-state index in [4.69, 9.17) is 5.11 Å². The topological polar surface area (TPSA) is 62.2 Å². The monoisotopic (exact) mass is 272 g/mol. The first-order chi connectivity index (χ1) is 7.40. The quantitative estimate of drug-likeness (QED) is 0.806. The van der Waals surface area contributed by atoms with Crippen LogP contribution < -0.4 is 5.32 Å². The number of hydrogen-bond acceptors (Lipinski definition) is 5. The zero-order valence-corrected chi connectivity index (χ0v) is 9.38. The number of carbonyl (C=O) groups is 1. The third-order valence-electron chi connectivity index (χ3n) is 1.42. The van der Waals surface area contributed by atoms with Gasteiger partial charge in [0.15, 0.2) is 5.69 Å². The summed E-state index contributed by atoms with van der Waals surface area (Å²) in [6.07, 6.45) is 0. The Morgan fingerprint density at radius 3 is 2.88 bits per heavy atom. The summed E-state index contributed by atoms with van der Waals surface area (Å²) in [5.41, 5.74) is -3.10. The van der Waals surface area contributed by atoms with Crippen LogP contribution in [-0.2, 0) is 0 Å². The molecule has 90 valence electrons. The number of rotatable bonds is 5. The molecule has 0 radical (unpaired) electrons. The van der Waals surface area contributed by atoms with Crippen molar-refractivity contribution in [3.8, 4) is 0 Å². The summed E-state index contributed by atoms with van der Waals surface area (Å²) >= 11 is 0.886. The number of alkyl halides is 3. The highest BCUT2D eigenvalue weighted by atomic mass is 32.2.